The van der Waals surface area contributed by atoms with Crippen LogP contribution >= 0.6 is 12.4 Å². The average molecular weight is 351 g/mol. The maximum Gasteiger partial charge on any atom is 0.322 e. The zero-order valence-electron chi connectivity index (χ0n) is 13.2. The summed E-state index contributed by atoms with van der Waals surface area (Å²) in [6, 6.07) is 8.83. The molecule has 1 aliphatic rings. The van der Waals surface area contributed by atoms with E-state index < -0.39 is 0 Å². The number of nitrogens with one attached hydrogen (secondary N) is 2. The molecule has 1 fully saturated rings. The topological polar surface area (TPSA) is 85.4 Å². The van der Waals surface area contributed by atoms with Crippen molar-refractivity contribution in [2.75, 3.05) is 25.1 Å². The van der Waals surface area contributed by atoms with Gasteiger partial charge < -0.3 is 20.1 Å². The van der Waals surface area contributed by atoms with Gasteiger partial charge in [-0.15, -0.1) is 12.4 Å². The van der Waals surface area contributed by atoms with E-state index in [9.17, 15) is 4.79 Å². The molecule has 0 aliphatic carbocycles. The Balaban J connectivity index is 0.00000208. The summed E-state index contributed by atoms with van der Waals surface area (Å²) in [5.41, 5.74) is 1.53. The van der Waals surface area contributed by atoms with Crippen LogP contribution in [0.1, 0.15) is 5.69 Å². The van der Waals surface area contributed by atoms with Gasteiger partial charge in [-0.1, -0.05) is 0 Å². The molecule has 1 amide bonds. The smallest absolute Gasteiger partial charge is 0.322 e. The van der Waals surface area contributed by atoms with E-state index in [1.165, 1.54) is 0 Å². The van der Waals surface area contributed by atoms with Crippen LogP contribution in [0.4, 0.5) is 5.69 Å². The van der Waals surface area contributed by atoms with Crippen LogP contribution in [0.3, 0.4) is 0 Å². The van der Waals surface area contributed by atoms with E-state index in [4.69, 9.17) is 9.47 Å². The minimum absolute atomic E-state index is 0. The number of halogens is 1. The molecule has 1 atom stereocenters. The molecule has 1 saturated heterocycles. The molecule has 2 heterocycles. The highest BCUT2D eigenvalue weighted by molar-refractivity contribution is 5.95. The van der Waals surface area contributed by atoms with Crippen LogP contribution in [-0.2, 0) is 9.53 Å². The standard InChI is InChI=1S/C16H18N4O3.ClH/c1-11-6-7-18-16(19-11)23-13-4-2-12(3-5-13)20-15(21)14-10-22-9-8-17-14;/h2-7,14,17H,8-10H2,1H3,(H,20,21);1H. The summed E-state index contributed by atoms with van der Waals surface area (Å²) >= 11 is 0. The molecule has 0 saturated carbocycles. The molecule has 7 nitrogen and oxygen atoms in total. The summed E-state index contributed by atoms with van der Waals surface area (Å²) in [5, 5.41) is 5.95. The molecule has 0 bridgehead atoms. The van der Waals surface area contributed by atoms with Gasteiger partial charge in [0.25, 0.3) is 0 Å². The highest BCUT2D eigenvalue weighted by Crippen LogP contribution is 2.20. The van der Waals surface area contributed by atoms with Gasteiger partial charge in [-0.3, -0.25) is 4.79 Å². The van der Waals surface area contributed by atoms with Gasteiger partial charge in [0.1, 0.15) is 11.8 Å². The number of aromatic nitrogens is 2. The molecule has 8 heteroatoms. The number of hydrogen-bond acceptors (Lipinski definition) is 6. The number of hydrogen-bond donors (Lipinski definition) is 2. The Labute approximate surface area is 146 Å². The minimum atomic E-state index is -0.319. The molecule has 1 aromatic carbocycles. The van der Waals surface area contributed by atoms with Gasteiger partial charge in [0, 0.05) is 24.1 Å². The van der Waals surface area contributed by atoms with Crippen LogP contribution in [-0.4, -0.2) is 41.7 Å². The van der Waals surface area contributed by atoms with E-state index in [1.807, 2.05) is 6.92 Å². The van der Waals surface area contributed by atoms with Crippen LogP contribution in [0.15, 0.2) is 36.5 Å². The summed E-state index contributed by atoms with van der Waals surface area (Å²) in [6.07, 6.45) is 1.64. The number of benzene rings is 1. The molecule has 3 rings (SSSR count). The third kappa shape index (κ3) is 4.89. The number of morpholine rings is 1. The number of aryl methyl sites for hydroxylation is 1. The van der Waals surface area contributed by atoms with E-state index in [2.05, 4.69) is 20.6 Å². The summed E-state index contributed by atoms with van der Waals surface area (Å²) in [7, 11) is 0. The predicted molar refractivity (Wildman–Crippen MR) is 91.8 cm³/mol. The lowest BCUT2D eigenvalue weighted by atomic mass is 10.2. The maximum absolute atomic E-state index is 12.1. The van der Waals surface area contributed by atoms with Gasteiger partial charge in [0.2, 0.25) is 5.91 Å². The molecule has 0 radical (unpaired) electrons. The van der Waals surface area contributed by atoms with Gasteiger partial charge in [0.15, 0.2) is 0 Å². The quantitative estimate of drug-likeness (QED) is 0.876. The molecule has 1 aliphatic heterocycles. The largest absolute Gasteiger partial charge is 0.424 e. The van der Waals surface area contributed by atoms with Crippen LogP contribution in [0, 0.1) is 6.92 Å². The van der Waals surface area contributed by atoms with E-state index in [0.29, 0.717) is 37.2 Å². The second kappa shape index (κ2) is 8.58. The maximum atomic E-state index is 12.1. The monoisotopic (exact) mass is 350 g/mol. The Morgan fingerprint density at radius 3 is 2.79 bits per heavy atom. The predicted octanol–water partition coefficient (Wildman–Crippen LogP) is 1.93. The average Bonchev–Trinajstić information content (AvgIpc) is 2.57. The number of carbonyl (C=O) groups is 1. The molecule has 0 spiro atoms. The Bertz CT molecular complexity index is 675. The molecule has 2 N–H and O–H groups in total. The van der Waals surface area contributed by atoms with E-state index in [1.54, 1.807) is 36.5 Å². The minimum Gasteiger partial charge on any atom is -0.424 e. The summed E-state index contributed by atoms with van der Waals surface area (Å²) in [6.45, 7) is 3.58. The number of anilines is 1. The Hall–Kier alpha value is -2.22. The van der Waals surface area contributed by atoms with Crippen molar-refractivity contribution in [3.05, 3.63) is 42.2 Å². The third-order valence-corrected chi connectivity index (χ3v) is 3.34. The SMILES string of the molecule is Cc1ccnc(Oc2ccc(NC(=O)C3COCCN3)cc2)n1.Cl. The molecule has 1 unspecified atom stereocenters. The Morgan fingerprint density at radius 1 is 1.33 bits per heavy atom. The number of rotatable bonds is 4. The third-order valence-electron chi connectivity index (χ3n) is 3.34. The van der Waals surface area contributed by atoms with E-state index in [0.717, 1.165) is 5.69 Å². The number of ether oxygens (including phenoxy) is 2. The highest BCUT2D eigenvalue weighted by Gasteiger charge is 2.21. The molecule has 2 aromatic rings. The first-order valence-electron chi connectivity index (χ1n) is 7.40. The van der Waals surface area contributed by atoms with Gasteiger partial charge in [-0.05, 0) is 37.3 Å². The lowest BCUT2D eigenvalue weighted by molar-refractivity contribution is -0.120. The van der Waals surface area contributed by atoms with Crippen molar-refractivity contribution in [2.45, 2.75) is 13.0 Å². The fourth-order valence-electron chi connectivity index (χ4n) is 2.15. The molecule has 24 heavy (non-hydrogen) atoms. The van der Waals surface area contributed by atoms with Crippen LogP contribution in [0.5, 0.6) is 11.8 Å². The fourth-order valence-corrected chi connectivity index (χ4v) is 2.15. The van der Waals surface area contributed by atoms with Crippen LogP contribution in [0.2, 0.25) is 0 Å². The van der Waals surface area contributed by atoms with Crippen molar-refractivity contribution in [1.29, 1.82) is 0 Å². The summed E-state index contributed by atoms with van der Waals surface area (Å²) in [4.78, 5) is 20.3. The molecule has 128 valence electrons. The second-order valence-electron chi connectivity index (χ2n) is 5.18. The zero-order chi connectivity index (χ0) is 16.1. The molecule has 1 aromatic heterocycles. The number of carbonyl (C=O) groups excluding carboxylic acids is 1. The van der Waals surface area contributed by atoms with Crippen LogP contribution < -0.4 is 15.4 Å². The van der Waals surface area contributed by atoms with E-state index >= 15 is 0 Å². The molecular formula is C16H19ClN4O3. The van der Waals surface area contributed by atoms with Crippen molar-refractivity contribution in [3.63, 3.8) is 0 Å². The summed E-state index contributed by atoms with van der Waals surface area (Å²) < 4.78 is 10.8. The number of nitrogens with zero attached hydrogens (tertiary/aromatic N) is 2. The first-order valence-corrected chi connectivity index (χ1v) is 7.40. The Morgan fingerprint density at radius 2 is 2.12 bits per heavy atom. The summed E-state index contributed by atoms with van der Waals surface area (Å²) in [5.74, 6) is 0.494. The van der Waals surface area contributed by atoms with Gasteiger partial charge >= 0.3 is 6.01 Å². The van der Waals surface area contributed by atoms with Crippen LogP contribution in [0.25, 0.3) is 0 Å². The number of amides is 1. The Kier molecular flexibility index (Phi) is 6.48. The van der Waals surface area contributed by atoms with Crippen molar-refractivity contribution in [3.8, 4) is 11.8 Å². The first-order chi connectivity index (χ1) is 11.2. The van der Waals surface area contributed by atoms with Gasteiger partial charge in [0.05, 0.1) is 13.2 Å². The normalized spacial score (nSPS) is 16.8. The van der Waals surface area contributed by atoms with E-state index in [-0.39, 0.29) is 24.4 Å². The lowest BCUT2D eigenvalue weighted by Crippen LogP contribution is -2.48. The van der Waals surface area contributed by atoms with Crippen molar-refractivity contribution in [2.24, 2.45) is 0 Å². The highest BCUT2D eigenvalue weighted by atomic mass is 35.5. The van der Waals surface area contributed by atoms with Gasteiger partial charge in [-0.25, -0.2) is 9.97 Å². The van der Waals surface area contributed by atoms with Crippen molar-refractivity contribution < 1.29 is 14.3 Å². The lowest BCUT2D eigenvalue weighted by Gasteiger charge is -2.22. The second-order valence-corrected chi connectivity index (χ2v) is 5.18. The van der Waals surface area contributed by atoms with Crippen molar-refractivity contribution >= 4 is 24.0 Å². The fraction of sp³-hybridized carbons (Fsp3) is 0.312. The van der Waals surface area contributed by atoms with Crippen molar-refractivity contribution in [1.82, 2.24) is 15.3 Å². The van der Waals surface area contributed by atoms with Gasteiger partial charge in [-0.2, -0.15) is 0 Å². The zero-order valence-corrected chi connectivity index (χ0v) is 14.0. The molecular weight excluding hydrogens is 332 g/mol. The first kappa shape index (κ1) is 18.1.